The molecule has 2 heterocycles. The summed E-state index contributed by atoms with van der Waals surface area (Å²) in [5.41, 5.74) is 2.74. The highest BCUT2D eigenvalue weighted by Gasteiger charge is 2.18. The van der Waals surface area contributed by atoms with Gasteiger partial charge in [-0.05, 0) is 24.3 Å². The van der Waals surface area contributed by atoms with Crippen molar-refractivity contribution in [2.24, 2.45) is 0 Å². The molecule has 0 radical (unpaired) electrons. The van der Waals surface area contributed by atoms with Gasteiger partial charge in [-0.1, -0.05) is 12.1 Å². The van der Waals surface area contributed by atoms with E-state index in [2.05, 4.69) is 4.98 Å². The normalized spacial score (nSPS) is 10.9. The van der Waals surface area contributed by atoms with E-state index >= 15 is 0 Å². The smallest absolute Gasteiger partial charge is 0.213 e. The molecule has 0 aliphatic rings. The Morgan fingerprint density at radius 2 is 1.61 bits per heavy atom. The first-order chi connectivity index (χ1) is 13.7. The van der Waals surface area contributed by atoms with E-state index in [1.165, 1.54) is 11.3 Å². The number of benzene rings is 2. The molecule has 0 aliphatic carbocycles. The van der Waals surface area contributed by atoms with Gasteiger partial charge in [-0.15, -0.1) is 16.4 Å². The first-order valence-corrected chi connectivity index (χ1v) is 9.35. The monoisotopic (exact) mass is 397 g/mol. The van der Waals surface area contributed by atoms with Crippen molar-refractivity contribution in [3.05, 3.63) is 41.8 Å². The van der Waals surface area contributed by atoms with Crippen LogP contribution in [0.5, 0.6) is 23.0 Å². The quantitative estimate of drug-likeness (QED) is 0.487. The fourth-order valence-electron chi connectivity index (χ4n) is 2.99. The predicted molar refractivity (Wildman–Crippen MR) is 108 cm³/mol. The number of methoxy groups -OCH3 is 4. The summed E-state index contributed by atoms with van der Waals surface area (Å²) in [6.07, 6.45) is 0. The number of rotatable bonds is 6. The molecule has 0 saturated carbocycles. The van der Waals surface area contributed by atoms with Crippen LogP contribution < -0.4 is 18.9 Å². The summed E-state index contributed by atoms with van der Waals surface area (Å²) < 4.78 is 23.4. The molecule has 0 unspecified atom stereocenters. The van der Waals surface area contributed by atoms with E-state index in [-0.39, 0.29) is 0 Å². The van der Waals surface area contributed by atoms with E-state index in [1.54, 1.807) is 28.4 Å². The molecule has 0 atom stereocenters. The van der Waals surface area contributed by atoms with Crippen LogP contribution in [0.3, 0.4) is 0 Å². The largest absolute Gasteiger partial charge is 0.497 e. The standard InChI is InChI=1S/C20H19N3O4S/c1-24-14-7-5-6-12(8-14)15-11-28-20-21-19(22-23(15)20)13-9-16(25-2)18(27-4)17(10-13)26-3/h5-11H,1-4H3. The van der Waals surface area contributed by atoms with E-state index in [1.807, 2.05) is 46.3 Å². The second-order valence-corrected chi connectivity index (χ2v) is 6.73. The summed E-state index contributed by atoms with van der Waals surface area (Å²) in [5, 5.41) is 6.74. The van der Waals surface area contributed by atoms with Gasteiger partial charge in [0.15, 0.2) is 17.3 Å². The van der Waals surface area contributed by atoms with Crippen LogP contribution in [0.2, 0.25) is 0 Å². The van der Waals surface area contributed by atoms with Crippen LogP contribution >= 0.6 is 11.3 Å². The summed E-state index contributed by atoms with van der Waals surface area (Å²) >= 11 is 1.53. The fraction of sp³-hybridized carbons (Fsp3) is 0.200. The first-order valence-electron chi connectivity index (χ1n) is 8.47. The Kier molecular flexibility index (Phi) is 4.79. The van der Waals surface area contributed by atoms with Gasteiger partial charge in [0.25, 0.3) is 0 Å². The van der Waals surface area contributed by atoms with Crippen LogP contribution in [0.1, 0.15) is 0 Å². The second kappa shape index (κ2) is 7.40. The van der Waals surface area contributed by atoms with Gasteiger partial charge in [-0.2, -0.15) is 4.98 Å². The maximum absolute atomic E-state index is 5.44. The highest BCUT2D eigenvalue weighted by Crippen LogP contribution is 2.41. The highest BCUT2D eigenvalue weighted by atomic mass is 32.1. The van der Waals surface area contributed by atoms with E-state index in [0.29, 0.717) is 23.1 Å². The average Bonchev–Trinajstić information content (AvgIpc) is 3.33. The van der Waals surface area contributed by atoms with Gasteiger partial charge < -0.3 is 18.9 Å². The Balaban J connectivity index is 1.82. The third-order valence-electron chi connectivity index (χ3n) is 4.37. The summed E-state index contributed by atoms with van der Waals surface area (Å²) in [4.78, 5) is 5.46. The lowest BCUT2D eigenvalue weighted by atomic mass is 10.1. The average molecular weight is 397 g/mol. The molecule has 144 valence electrons. The highest BCUT2D eigenvalue weighted by molar-refractivity contribution is 7.15. The minimum atomic E-state index is 0.534. The molecule has 28 heavy (non-hydrogen) atoms. The molecule has 2 aromatic carbocycles. The summed E-state index contributed by atoms with van der Waals surface area (Å²) in [6.45, 7) is 0. The maximum Gasteiger partial charge on any atom is 0.213 e. The number of ether oxygens (including phenoxy) is 4. The molecule has 0 saturated heterocycles. The minimum absolute atomic E-state index is 0.534. The molecule has 2 aromatic heterocycles. The summed E-state index contributed by atoms with van der Waals surface area (Å²) in [5.74, 6) is 3.02. The van der Waals surface area contributed by atoms with Crippen molar-refractivity contribution in [3.63, 3.8) is 0 Å². The molecule has 0 spiro atoms. The Hall–Kier alpha value is -3.26. The fourth-order valence-corrected chi connectivity index (χ4v) is 3.83. The van der Waals surface area contributed by atoms with E-state index in [4.69, 9.17) is 24.0 Å². The lowest BCUT2D eigenvalue weighted by Gasteiger charge is -2.12. The SMILES string of the molecule is COc1cccc(-c2csc3nc(-c4cc(OC)c(OC)c(OC)c4)nn23)c1. The van der Waals surface area contributed by atoms with Crippen molar-refractivity contribution < 1.29 is 18.9 Å². The van der Waals surface area contributed by atoms with E-state index in [9.17, 15) is 0 Å². The summed E-state index contributed by atoms with van der Waals surface area (Å²) in [6, 6.07) is 11.5. The zero-order valence-electron chi connectivity index (χ0n) is 15.9. The van der Waals surface area contributed by atoms with Crippen molar-refractivity contribution in [1.29, 1.82) is 0 Å². The van der Waals surface area contributed by atoms with Crippen LogP contribution in [0.15, 0.2) is 41.8 Å². The zero-order chi connectivity index (χ0) is 19.7. The number of hydrogen-bond donors (Lipinski definition) is 0. The van der Waals surface area contributed by atoms with Crippen molar-refractivity contribution in [3.8, 4) is 45.6 Å². The number of thiazole rings is 1. The third-order valence-corrected chi connectivity index (χ3v) is 5.19. The first kappa shape index (κ1) is 18.1. The predicted octanol–water partition coefficient (Wildman–Crippen LogP) is 4.16. The Bertz CT molecular complexity index is 1110. The zero-order valence-corrected chi connectivity index (χ0v) is 16.7. The van der Waals surface area contributed by atoms with Crippen molar-refractivity contribution >= 4 is 16.3 Å². The van der Waals surface area contributed by atoms with Gasteiger partial charge in [0.1, 0.15) is 5.75 Å². The molecule has 0 amide bonds. The lowest BCUT2D eigenvalue weighted by molar-refractivity contribution is 0.324. The van der Waals surface area contributed by atoms with Crippen LogP contribution in [0.25, 0.3) is 27.6 Å². The maximum atomic E-state index is 5.44. The molecule has 8 heteroatoms. The van der Waals surface area contributed by atoms with Crippen LogP contribution in [0.4, 0.5) is 0 Å². The number of aromatic nitrogens is 3. The second-order valence-electron chi connectivity index (χ2n) is 5.90. The molecule has 0 fully saturated rings. The molecule has 4 rings (SSSR count). The minimum Gasteiger partial charge on any atom is -0.497 e. The van der Waals surface area contributed by atoms with Gasteiger partial charge in [-0.3, -0.25) is 0 Å². The lowest BCUT2D eigenvalue weighted by Crippen LogP contribution is -1.96. The number of nitrogens with zero attached hydrogens (tertiary/aromatic N) is 3. The van der Waals surface area contributed by atoms with Crippen LogP contribution in [-0.4, -0.2) is 43.0 Å². The van der Waals surface area contributed by atoms with Crippen molar-refractivity contribution in [1.82, 2.24) is 14.6 Å². The topological polar surface area (TPSA) is 67.1 Å². The van der Waals surface area contributed by atoms with Crippen LogP contribution in [0, 0.1) is 0 Å². The molecular formula is C20H19N3O4S. The van der Waals surface area contributed by atoms with Crippen molar-refractivity contribution in [2.45, 2.75) is 0 Å². The Morgan fingerprint density at radius 3 is 2.25 bits per heavy atom. The van der Waals surface area contributed by atoms with Gasteiger partial charge in [0.05, 0.1) is 34.1 Å². The molecule has 0 bridgehead atoms. The van der Waals surface area contributed by atoms with Gasteiger partial charge >= 0.3 is 0 Å². The van der Waals surface area contributed by atoms with E-state index < -0.39 is 0 Å². The van der Waals surface area contributed by atoms with Gasteiger partial charge in [-0.25, -0.2) is 4.52 Å². The van der Waals surface area contributed by atoms with Gasteiger partial charge in [0, 0.05) is 16.5 Å². The van der Waals surface area contributed by atoms with Gasteiger partial charge in [0.2, 0.25) is 10.7 Å². The van der Waals surface area contributed by atoms with Crippen LogP contribution in [-0.2, 0) is 0 Å². The molecule has 0 aliphatic heterocycles. The number of hydrogen-bond acceptors (Lipinski definition) is 7. The van der Waals surface area contributed by atoms with E-state index in [0.717, 1.165) is 27.5 Å². The Morgan fingerprint density at radius 1 is 0.857 bits per heavy atom. The molecule has 0 N–H and O–H groups in total. The summed E-state index contributed by atoms with van der Waals surface area (Å²) in [7, 11) is 6.40. The molecule has 7 nitrogen and oxygen atoms in total. The Labute approximate surface area is 166 Å². The number of fused-ring (bicyclic) bond motifs is 1. The molecule has 4 aromatic rings. The third kappa shape index (κ3) is 3.01. The molecular weight excluding hydrogens is 378 g/mol. The van der Waals surface area contributed by atoms with Crippen molar-refractivity contribution in [2.75, 3.05) is 28.4 Å².